The standard InChI is InChI=1S/C25H19FN6O4/c26-18-9-13(1-2-15(18)12-27)19-11-17(23(28)33)22-21(30-19)16-4-3-14(10-20(16)32(22)25(29)35)24(34)31-5-7-36-8-6-31/h1-4,9-11H,5-8H2,(H2,28,33)(H2,29,35). The molecule has 4 aromatic rings. The Balaban J connectivity index is 1.76. The second kappa shape index (κ2) is 8.75. The minimum atomic E-state index is -0.896. The summed E-state index contributed by atoms with van der Waals surface area (Å²) in [5.74, 6) is -1.84. The number of hydrogen-bond donors (Lipinski definition) is 2. The largest absolute Gasteiger partial charge is 0.378 e. The van der Waals surface area contributed by atoms with Crippen molar-refractivity contribution in [3.63, 3.8) is 0 Å². The molecule has 0 spiro atoms. The molecule has 36 heavy (non-hydrogen) atoms. The second-order valence-corrected chi connectivity index (χ2v) is 8.23. The van der Waals surface area contributed by atoms with E-state index in [9.17, 15) is 18.8 Å². The summed E-state index contributed by atoms with van der Waals surface area (Å²) < 4.78 is 20.7. The van der Waals surface area contributed by atoms with Gasteiger partial charge in [0.1, 0.15) is 11.9 Å². The number of ether oxygens (including phenoxy) is 1. The molecule has 2 aromatic heterocycles. The van der Waals surface area contributed by atoms with Crippen LogP contribution in [0.1, 0.15) is 26.3 Å². The minimum absolute atomic E-state index is 0.0594. The lowest BCUT2D eigenvalue weighted by atomic mass is 10.0. The molecule has 0 unspecified atom stereocenters. The Hall–Kier alpha value is -4.82. The third kappa shape index (κ3) is 3.70. The molecule has 3 amide bonds. The fourth-order valence-corrected chi connectivity index (χ4v) is 4.40. The van der Waals surface area contributed by atoms with E-state index in [1.54, 1.807) is 23.1 Å². The van der Waals surface area contributed by atoms with Crippen molar-refractivity contribution in [3.05, 3.63) is 65.0 Å². The van der Waals surface area contributed by atoms with Gasteiger partial charge >= 0.3 is 6.03 Å². The van der Waals surface area contributed by atoms with Gasteiger partial charge < -0.3 is 21.1 Å². The smallest absolute Gasteiger partial charge is 0.324 e. The second-order valence-electron chi connectivity index (χ2n) is 8.23. The first-order valence-electron chi connectivity index (χ1n) is 11.0. The predicted molar refractivity (Wildman–Crippen MR) is 128 cm³/mol. The van der Waals surface area contributed by atoms with Crippen LogP contribution in [0.5, 0.6) is 0 Å². The van der Waals surface area contributed by atoms with Crippen molar-refractivity contribution in [2.24, 2.45) is 11.5 Å². The lowest BCUT2D eigenvalue weighted by molar-refractivity contribution is 0.0303. The molecule has 180 valence electrons. The SMILES string of the molecule is N#Cc1ccc(-c2cc(C(N)=O)c3c(n2)c2ccc(C(=O)N4CCOCC4)cc2n3C(N)=O)cc1F. The van der Waals surface area contributed by atoms with Gasteiger partial charge in [0.25, 0.3) is 11.8 Å². The maximum absolute atomic E-state index is 14.3. The van der Waals surface area contributed by atoms with Crippen LogP contribution in [0, 0.1) is 17.1 Å². The zero-order valence-electron chi connectivity index (χ0n) is 18.8. The number of halogens is 1. The van der Waals surface area contributed by atoms with Crippen molar-refractivity contribution < 1.29 is 23.5 Å². The number of amides is 3. The maximum atomic E-state index is 14.3. The Bertz CT molecular complexity index is 1630. The van der Waals surface area contributed by atoms with Crippen molar-refractivity contribution in [2.75, 3.05) is 26.3 Å². The van der Waals surface area contributed by atoms with Crippen LogP contribution in [0.3, 0.4) is 0 Å². The van der Waals surface area contributed by atoms with Crippen LogP contribution in [0.25, 0.3) is 33.2 Å². The number of nitrogens with zero attached hydrogens (tertiary/aromatic N) is 4. The molecule has 0 bridgehead atoms. The molecule has 10 nitrogen and oxygen atoms in total. The molecule has 5 rings (SSSR count). The number of carbonyl (C=O) groups excluding carboxylic acids is 3. The summed E-state index contributed by atoms with van der Waals surface area (Å²) in [6.45, 7) is 1.74. The first-order valence-corrected chi connectivity index (χ1v) is 11.0. The van der Waals surface area contributed by atoms with E-state index < -0.39 is 17.8 Å². The van der Waals surface area contributed by atoms with E-state index in [2.05, 4.69) is 4.98 Å². The van der Waals surface area contributed by atoms with Gasteiger partial charge in [-0.25, -0.2) is 14.2 Å². The van der Waals surface area contributed by atoms with E-state index in [1.165, 1.54) is 24.3 Å². The van der Waals surface area contributed by atoms with E-state index >= 15 is 0 Å². The molecule has 0 radical (unpaired) electrons. The van der Waals surface area contributed by atoms with E-state index in [4.69, 9.17) is 21.5 Å². The highest BCUT2D eigenvalue weighted by atomic mass is 19.1. The summed E-state index contributed by atoms with van der Waals surface area (Å²) in [5, 5.41) is 9.45. The summed E-state index contributed by atoms with van der Waals surface area (Å²) in [6.07, 6.45) is 0. The molecular weight excluding hydrogens is 467 g/mol. The van der Waals surface area contributed by atoms with Gasteiger partial charge in [-0.2, -0.15) is 5.26 Å². The first kappa shape index (κ1) is 22.9. The van der Waals surface area contributed by atoms with E-state index in [-0.39, 0.29) is 39.3 Å². The number of carbonyl (C=O) groups is 3. The highest BCUT2D eigenvalue weighted by Gasteiger charge is 2.25. The summed E-state index contributed by atoms with van der Waals surface area (Å²) in [7, 11) is 0. The van der Waals surface area contributed by atoms with Gasteiger partial charge in [0.2, 0.25) is 0 Å². The lowest BCUT2D eigenvalue weighted by Gasteiger charge is -2.26. The number of pyridine rings is 1. The Morgan fingerprint density at radius 1 is 1.06 bits per heavy atom. The van der Waals surface area contributed by atoms with Gasteiger partial charge in [0.15, 0.2) is 0 Å². The van der Waals surface area contributed by atoms with Gasteiger partial charge in [-0.3, -0.25) is 14.2 Å². The van der Waals surface area contributed by atoms with Crippen molar-refractivity contribution >= 4 is 39.8 Å². The minimum Gasteiger partial charge on any atom is -0.378 e. The van der Waals surface area contributed by atoms with Gasteiger partial charge in [0, 0.05) is 29.6 Å². The number of aromatic nitrogens is 2. The number of hydrogen-bond acceptors (Lipinski definition) is 6. The number of primary amides is 2. The van der Waals surface area contributed by atoms with Crippen LogP contribution in [0.4, 0.5) is 9.18 Å². The fraction of sp³-hybridized carbons (Fsp3) is 0.160. The molecule has 1 aliphatic rings. The molecule has 2 aromatic carbocycles. The molecule has 0 atom stereocenters. The Morgan fingerprint density at radius 2 is 1.81 bits per heavy atom. The van der Waals surface area contributed by atoms with E-state index in [1.807, 2.05) is 0 Å². The molecular formula is C25H19FN6O4. The predicted octanol–water partition coefficient (Wildman–Crippen LogP) is 2.37. The van der Waals surface area contributed by atoms with Crippen LogP contribution in [-0.4, -0.2) is 58.6 Å². The number of fused-ring (bicyclic) bond motifs is 3. The average Bonchev–Trinajstić information content (AvgIpc) is 3.21. The monoisotopic (exact) mass is 486 g/mol. The summed E-state index contributed by atoms with van der Waals surface area (Å²) in [5.41, 5.74) is 12.5. The van der Waals surface area contributed by atoms with Crippen LogP contribution < -0.4 is 11.5 Å². The molecule has 0 aliphatic carbocycles. The molecule has 4 N–H and O–H groups in total. The van der Waals surface area contributed by atoms with Crippen molar-refractivity contribution in [3.8, 4) is 17.3 Å². The molecule has 1 aliphatic heterocycles. The Labute approximate surface area is 203 Å². The first-order chi connectivity index (χ1) is 17.3. The van der Waals surface area contributed by atoms with Gasteiger partial charge in [-0.15, -0.1) is 0 Å². The number of nitriles is 1. The summed E-state index contributed by atoms with van der Waals surface area (Å²) in [4.78, 5) is 44.2. The fourth-order valence-electron chi connectivity index (χ4n) is 4.40. The quantitative estimate of drug-likeness (QED) is 0.453. The molecule has 11 heteroatoms. The number of nitrogens with two attached hydrogens (primary N) is 2. The zero-order chi connectivity index (χ0) is 25.6. The molecule has 0 saturated carbocycles. The normalized spacial score (nSPS) is 13.6. The number of benzene rings is 2. The molecule has 1 fully saturated rings. The van der Waals surface area contributed by atoms with Gasteiger partial charge in [-0.1, -0.05) is 6.07 Å². The molecule has 1 saturated heterocycles. The maximum Gasteiger partial charge on any atom is 0.324 e. The average molecular weight is 486 g/mol. The van der Waals surface area contributed by atoms with Gasteiger partial charge in [0.05, 0.1) is 46.6 Å². The van der Waals surface area contributed by atoms with Crippen LogP contribution in [0.2, 0.25) is 0 Å². The van der Waals surface area contributed by atoms with Crippen molar-refractivity contribution in [2.45, 2.75) is 0 Å². The topological polar surface area (TPSA) is 157 Å². The number of morpholine rings is 1. The van der Waals surface area contributed by atoms with E-state index in [0.717, 1.165) is 10.6 Å². The van der Waals surface area contributed by atoms with Crippen LogP contribution in [0.15, 0.2) is 42.5 Å². The van der Waals surface area contributed by atoms with Gasteiger partial charge in [-0.05, 0) is 36.4 Å². The highest BCUT2D eigenvalue weighted by molar-refractivity contribution is 6.18. The highest BCUT2D eigenvalue weighted by Crippen LogP contribution is 2.34. The Morgan fingerprint density at radius 3 is 2.44 bits per heavy atom. The third-order valence-corrected chi connectivity index (χ3v) is 6.13. The van der Waals surface area contributed by atoms with Crippen molar-refractivity contribution in [1.29, 1.82) is 5.26 Å². The Kier molecular flexibility index (Phi) is 5.58. The lowest BCUT2D eigenvalue weighted by Crippen LogP contribution is -2.40. The molecule has 3 heterocycles. The number of rotatable bonds is 3. The van der Waals surface area contributed by atoms with Crippen LogP contribution in [-0.2, 0) is 4.74 Å². The summed E-state index contributed by atoms with van der Waals surface area (Å²) in [6, 6.07) is 10.9. The zero-order valence-corrected chi connectivity index (χ0v) is 18.8. The summed E-state index contributed by atoms with van der Waals surface area (Å²) >= 11 is 0. The van der Waals surface area contributed by atoms with Crippen LogP contribution >= 0.6 is 0 Å². The van der Waals surface area contributed by atoms with Crippen molar-refractivity contribution in [1.82, 2.24) is 14.5 Å². The third-order valence-electron chi connectivity index (χ3n) is 6.13. The van der Waals surface area contributed by atoms with E-state index in [0.29, 0.717) is 42.8 Å².